The Hall–Kier alpha value is -0.260. The molecule has 2 unspecified atom stereocenters. The van der Waals surface area contributed by atoms with Gasteiger partial charge in [-0.05, 0) is 34.1 Å². The minimum Gasteiger partial charge on any atom is -0.481 e. The molecule has 0 saturated carbocycles. The van der Waals surface area contributed by atoms with E-state index in [1.807, 2.05) is 11.8 Å². The second-order valence-corrected chi connectivity index (χ2v) is 7.90. The first kappa shape index (κ1) is 15.1. The highest BCUT2D eigenvalue weighted by Gasteiger charge is 2.50. The van der Waals surface area contributed by atoms with Crippen LogP contribution in [0.25, 0.3) is 0 Å². The van der Waals surface area contributed by atoms with Gasteiger partial charge in [0, 0.05) is 30.1 Å². The molecule has 2 aliphatic heterocycles. The zero-order valence-corrected chi connectivity index (χ0v) is 13.1. The Balaban J connectivity index is 2.15. The van der Waals surface area contributed by atoms with E-state index in [-0.39, 0.29) is 23.7 Å². The van der Waals surface area contributed by atoms with E-state index in [9.17, 15) is 4.79 Å². The molecule has 0 bridgehead atoms. The summed E-state index contributed by atoms with van der Waals surface area (Å²) in [5.74, 6) is 1.30. The van der Waals surface area contributed by atoms with Crippen LogP contribution in [0.4, 0.5) is 0 Å². The van der Waals surface area contributed by atoms with Crippen molar-refractivity contribution in [2.24, 2.45) is 0 Å². The lowest BCUT2D eigenvalue weighted by atomic mass is 9.91. The van der Waals surface area contributed by atoms with Gasteiger partial charge in [0.15, 0.2) is 0 Å². The number of nitrogens with zero attached hydrogens (tertiary/aromatic N) is 1. The van der Waals surface area contributed by atoms with E-state index >= 15 is 0 Å². The van der Waals surface area contributed by atoms with Crippen LogP contribution in [-0.2, 0) is 9.53 Å². The van der Waals surface area contributed by atoms with Crippen LogP contribution in [-0.4, -0.2) is 57.3 Å². The average molecular weight is 287 g/mol. The summed E-state index contributed by atoms with van der Waals surface area (Å²) < 4.78 is 6.16. The maximum Gasteiger partial charge on any atom is 0.304 e. The van der Waals surface area contributed by atoms with Crippen LogP contribution in [0.1, 0.15) is 40.5 Å². The molecular weight excluding hydrogens is 262 g/mol. The van der Waals surface area contributed by atoms with E-state index in [1.54, 1.807) is 0 Å². The summed E-state index contributed by atoms with van der Waals surface area (Å²) in [7, 11) is 0. The molecule has 0 aliphatic carbocycles. The lowest BCUT2D eigenvalue weighted by molar-refractivity contribution is -0.139. The van der Waals surface area contributed by atoms with Crippen molar-refractivity contribution >= 4 is 17.7 Å². The molecule has 110 valence electrons. The molecule has 2 rings (SSSR count). The highest BCUT2D eigenvalue weighted by molar-refractivity contribution is 7.99. The molecule has 2 aliphatic rings. The fraction of sp³-hybridized carbons (Fsp3) is 0.929. The van der Waals surface area contributed by atoms with Crippen LogP contribution in [0.5, 0.6) is 0 Å². The van der Waals surface area contributed by atoms with Gasteiger partial charge in [-0.2, -0.15) is 11.8 Å². The van der Waals surface area contributed by atoms with E-state index in [4.69, 9.17) is 9.84 Å². The van der Waals surface area contributed by atoms with Crippen molar-refractivity contribution < 1.29 is 14.6 Å². The van der Waals surface area contributed by atoms with Crippen molar-refractivity contribution in [3.05, 3.63) is 0 Å². The van der Waals surface area contributed by atoms with Crippen LogP contribution >= 0.6 is 11.8 Å². The third kappa shape index (κ3) is 3.44. The van der Waals surface area contributed by atoms with Gasteiger partial charge in [0.1, 0.15) is 0 Å². The van der Waals surface area contributed by atoms with E-state index < -0.39 is 5.97 Å². The van der Waals surface area contributed by atoms with Crippen molar-refractivity contribution in [2.75, 3.05) is 18.1 Å². The summed E-state index contributed by atoms with van der Waals surface area (Å²) in [6.07, 6.45) is 1.21. The Kier molecular flexibility index (Phi) is 4.19. The first-order chi connectivity index (χ1) is 8.71. The third-order valence-corrected chi connectivity index (χ3v) is 5.20. The molecule has 5 heteroatoms. The van der Waals surface area contributed by atoms with Gasteiger partial charge < -0.3 is 9.84 Å². The van der Waals surface area contributed by atoms with Crippen LogP contribution in [0.15, 0.2) is 0 Å². The summed E-state index contributed by atoms with van der Waals surface area (Å²) in [4.78, 5) is 13.4. The molecule has 0 aromatic carbocycles. The molecule has 0 spiro atoms. The number of aliphatic carboxylic acids is 1. The molecule has 19 heavy (non-hydrogen) atoms. The summed E-state index contributed by atoms with van der Waals surface area (Å²) in [5, 5.41) is 9.09. The third-order valence-electron chi connectivity index (χ3n) is 4.11. The Morgan fingerprint density at radius 3 is 2.63 bits per heavy atom. The molecule has 2 saturated heterocycles. The zero-order chi connectivity index (χ0) is 14.3. The van der Waals surface area contributed by atoms with E-state index in [2.05, 4.69) is 32.6 Å². The molecule has 0 amide bonds. The summed E-state index contributed by atoms with van der Waals surface area (Å²) >= 11 is 1.86. The number of ether oxygens (including phenoxy) is 1. The lowest BCUT2D eigenvalue weighted by Crippen LogP contribution is -2.55. The predicted molar refractivity (Wildman–Crippen MR) is 77.7 cm³/mol. The molecule has 2 heterocycles. The highest BCUT2D eigenvalue weighted by Crippen LogP contribution is 2.42. The van der Waals surface area contributed by atoms with Crippen molar-refractivity contribution in [3.8, 4) is 0 Å². The van der Waals surface area contributed by atoms with Crippen molar-refractivity contribution in [1.29, 1.82) is 0 Å². The monoisotopic (exact) mass is 287 g/mol. The Morgan fingerprint density at radius 2 is 2.11 bits per heavy atom. The minimum atomic E-state index is -0.700. The highest BCUT2D eigenvalue weighted by atomic mass is 32.2. The molecule has 4 nitrogen and oxygen atoms in total. The summed E-state index contributed by atoms with van der Waals surface area (Å²) in [5.41, 5.74) is -0.325. The number of rotatable bonds is 3. The van der Waals surface area contributed by atoms with Crippen LogP contribution < -0.4 is 0 Å². The zero-order valence-electron chi connectivity index (χ0n) is 12.3. The number of carboxylic acid groups (broad SMARTS) is 1. The number of hydrogen-bond acceptors (Lipinski definition) is 4. The van der Waals surface area contributed by atoms with E-state index in [0.717, 1.165) is 24.5 Å². The van der Waals surface area contributed by atoms with Crippen LogP contribution in [0.3, 0.4) is 0 Å². The quantitative estimate of drug-likeness (QED) is 0.862. The molecule has 2 fully saturated rings. The minimum absolute atomic E-state index is 0.119. The SMILES string of the molecule is CC1(C)CC(N2CCSCC2CC(=O)O)C(C)(C)O1. The lowest BCUT2D eigenvalue weighted by Gasteiger charge is -2.43. The largest absolute Gasteiger partial charge is 0.481 e. The molecule has 0 aromatic rings. The number of hydrogen-bond donors (Lipinski definition) is 1. The standard InChI is InChI=1S/C14H25NO3S/c1-13(2)8-11(14(3,4)18-13)15-5-6-19-9-10(15)7-12(16)17/h10-11H,5-9H2,1-4H3,(H,16,17). The van der Waals surface area contributed by atoms with Gasteiger partial charge in [0.25, 0.3) is 0 Å². The second kappa shape index (κ2) is 5.26. The van der Waals surface area contributed by atoms with Gasteiger partial charge in [0.2, 0.25) is 0 Å². The summed E-state index contributed by atoms with van der Waals surface area (Å²) in [6, 6.07) is 0.450. The molecule has 0 aromatic heterocycles. The second-order valence-electron chi connectivity index (χ2n) is 6.75. The fourth-order valence-electron chi connectivity index (χ4n) is 3.51. The van der Waals surface area contributed by atoms with Crippen LogP contribution in [0.2, 0.25) is 0 Å². The summed E-state index contributed by atoms with van der Waals surface area (Å²) in [6.45, 7) is 9.48. The van der Waals surface area contributed by atoms with Crippen molar-refractivity contribution in [2.45, 2.75) is 63.8 Å². The predicted octanol–water partition coefficient (Wildman–Crippen LogP) is 2.22. The molecule has 1 N–H and O–H groups in total. The van der Waals surface area contributed by atoms with Crippen molar-refractivity contribution in [1.82, 2.24) is 4.90 Å². The topological polar surface area (TPSA) is 49.8 Å². The smallest absolute Gasteiger partial charge is 0.304 e. The van der Waals surface area contributed by atoms with E-state index in [0.29, 0.717) is 6.04 Å². The van der Waals surface area contributed by atoms with Gasteiger partial charge in [0.05, 0.1) is 17.6 Å². The maximum atomic E-state index is 11.0. The Bertz CT molecular complexity index is 357. The normalized spacial score (nSPS) is 34.3. The Labute approximate surface area is 119 Å². The number of thioether (sulfide) groups is 1. The van der Waals surface area contributed by atoms with E-state index in [1.165, 1.54) is 0 Å². The first-order valence-electron chi connectivity index (χ1n) is 6.97. The van der Waals surface area contributed by atoms with Crippen LogP contribution in [0, 0.1) is 0 Å². The number of carboxylic acids is 1. The fourth-order valence-corrected chi connectivity index (χ4v) is 4.59. The van der Waals surface area contributed by atoms with Gasteiger partial charge >= 0.3 is 5.97 Å². The Morgan fingerprint density at radius 1 is 1.42 bits per heavy atom. The first-order valence-corrected chi connectivity index (χ1v) is 8.12. The molecular formula is C14H25NO3S. The maximum absolute atomic E-state index is 11.0. The average Bonchev–Trinajstić information content (AvgIpc) is 2.46. The molecule has 0 radical (unpaired) electrons. The van der Waals surface area contributed by atoms with Crippen molar-refractivity contribution in [3.63, 3.8) is 0 Å². The molecule has 2 atom stereocenters. The van der Waals surface area contributed by atoms with Gasteiger partial charge in [-0.25, -0.2) is 0 Å². The number of carbonyl (C=O) groups is 1. The van der Waals surface area contributed by atoms with Gasteiger partial charge in [-0.3, -0.25) is 9.69 Å². The van der Waals surface area contributed by atoms with Gasteiger partial charge in [-0.1, -0.05) is 0 Å². The van der Waals surface area contributed by atoms with Gasteiger partial charge in [-0.15, -0.1) is 0 Å².